The molecule has 1 rings (SSSR count). The summed E-state index contributed by atoms with van der Waals surface area (Å²) in [5, 5.41) is 5.95. The van der Waals surface area contributed by atoms with Crippen molar-refractivity contribution in [3.8, 4) is 0 Å². The lowest BCUT2D eigenvalue weighted by Crippen LogP contribution is -2.54. The van der Waals surface area contributed by atoms with Crippen molar-refractivity contribution >= 4 is 11.9 Å². The number of hydrogen-bond acceptors (Lipinski definition) is 4. The SMILES string of the molecule is CNCCCC(=O)NC1(C(=O)OC)CCCCCC1. The Balaban J connectivity index is 2.63. The summed E-state index contributed by atoms with van der Waals surface area (Å²) in [6, 6.07) is 0. The van der Waals surface area contributed by atoms with Crippen molar-refractivity contribution in [2.75, 3.05) is 20.7 Å². The number of nitrogens with one attached hydrogen (secondary N) is 2. The highest BCUT2D eigenvalue weighted by molar-refractivity contribution is 5.88. The monoisotopic (exact) mass is 270 g/mol. The number of ether oxygens (including phenoxy) is 1. The first-order valence-corrected chi connectivity index (χ1v) is 7.18. The summed E-state index contributed by atoms with van der Waals surface area (Å²) in [7, 11) is 3.25. The van der Waals surface area contributed by atoms with E-state index in [-0.39, 0.29) is 11.9 Å². The molecule has 0 unspecified atom stereocenters. The molecule has 1 aliphatic carbocycles. The summed E-state index contributed by atoms with van der Waals surface area (Å²) in [4.78, 5) is 24.0. The van der Waals surface area contributed by atoms with Crippen molar-refractivity contribution in [1.29, 1.82) is 0 Å². The smallest absolute Gasteiger partial charge is 0.331 e. The predicted octanol–water partition coefficient (Wildman–Crippen LogP) is 1.37. The Morgan fingerprint density at radius 1 is 1.16 bits per heavy atom. The van der Waals surface area contributed by atoms with Gasteiger partial charge in [0.05, 0.1) is 7.11 Å². The van der Waals surface area contributed by atoms with Crippen LogP contribution in [0.2, 0.25) is 0 Å². The molecule has 5 nitrogen and oxygen atoms in total. The van der Waals surface area contributed by atoms with Crippen molar-refractivity contribution in [2.45, 2.75) is 56.9 Å². The van der Waals surface area contributed by atoms with Crippen LogP contribution in [0.5, 0.6) is 0 Å². The third-order valence-corrected chi connectivity index (χ3v) is 3.74. The van der Waals surface area contributed by atoms with Crippen LogP contribution in [-0.4, -0.2) is 38.1 Å². The lowest BCUT2D eigenvalue weighted by Gasteiger charge is -2.30. The molecule has 19 heavy (non-hydrogen) atoms. The fourth-order valence-electron chi connectivity index (χ4n) is 2.66. The zero-order valence-electron chi connectivity index (χ0n) is 12.1. The molecule has 1 saturated carbocycles. The van der Waals surface area contributed by atoms with Crippen LogP contribution in [0.15, 0.2) is 0 Å². The highest BCUT2D eigenvalue weighted by Crippen LogP contribution is 2.28. The van der Waals surface area contributed by atoms with Gasteiger partial charge in [0.2, 0.25) is 5.91 Å². The van der Waals surface area contributed by atoms with Gasteiger partial charge in [0, 0.05) is 6.42 Å². The Bertz CT molecular complexity index is 297. The Morgan fingerprint density at radius 3 is 2.32 bits per heavy atom. The minimum atomic E-state index is -0.790. The quantitative estimate of drug-likeness (QED) is 0.434. The first-order chi connectivity index (χ1) is 9.14. The highest BCUT2D eigenvalue weighted by Gasteiger charge is 2.40. The van der Waals surface area contributed by atoms with Gasteiger partial charge in [-0.2, -0.15) is 0 Å². The van der Waals surface area contributed by atoms with Gasteiger partial charge in [0.25, 0.3) is 0 Å². The van der Waals surface area contributed by atoms with Gasteiger partial charge in [-0.3, -0.25) is 4.79 Å². The van der Waals surface area contributed by atoms with E-state index in [1.807, 2.05) is 7.05 Å². The van der Waals surface area contributed by atoms with Crippen LogP contribution in [0.25, 0.3) is 0 Å². The van der Waals surface area contributed by atoms with E-state index < -0.39 is 5.54 Å². The van der Waals surface area contributed by atoms with Gasteiger partial charge in [-0.15, -0.1) is 0 Å². The lowest BCUT2D eigenvalue weighted by molar-refractivity contribution is -0.151. The zero-order chi connectivity index (χ0) is 14.1. The average Bonchev–Trinajstić information content (AvgIpc) is 2.64. The number of hydrogen-bond donors (Lipinski definition) is 2. The molecule has 1 amide bonds. The number of amides is 1. The molecule has 2 N–H and O–H groups in total. The van der Waals surface area contributed by atoms with Crippen LogP contribution in [0.4, 0.5) is 0 Å². The number of carbonyl (C=O) groups is 2. The van der Waals surface area contributed by atoms with Gasteiger partial charge in [-0.1, -0.05) is 25.7 Å². The molecule has 0 heterocycles. The maximum atomic E-state index is 12.1. The number of carbonyl (C=O) groups excluding carboxylic acids is 2. The first kappa shape index (κ1) is 16.0. The van der Waals surface area contributed by atoms with Gasteiger partial charge in [-0.05, 0) is 32.9 Å². The summed E-state index contributed by atoms with van der Waals surface area (Å²) in [5.74, 6) is -0.348. The third kappa shape index (κ3) is 4.82. The number of methoxy groups -OCH3 is 1. The Kier molecular flexibility index (Phi) is 6.84. The molecule has 0 saturated heterocycles. The molecule has 0 aliphatic heterocycles. The van der Waals surface area contributed by atoms with E-state index in [9.17, 15) is 9.59 Å². The molecule has 5 heteroatoms. The molecule has 0 aromatic rings. The summed E-state index contributed by atoms with van der Waals surface area (Å²) >= 11 is 0. The highest BCUT2D eigenvalue weighted by atomic mass is 16.5. The number of rotatable bonds is 6. The van der Waals surface area contributed by atoms with Crippen molar-refractivity contribution in [3.63, 3.8) is 0 Å². The standard InChI is InChI=1S/C14H26N2O3/c1-15-11-7-8-12(17)16-14(13(18)19-2)9-5-3-4-6-10-14/h15H,3-11H2,1-2H3,(H,16,17). The topological polar surface area (TPSA) is 67.4 Å². The minimum Gasteiger partial charge on any atom is -0.467 e. The molecule has 0 spiro atoms. The van der Waals surface area contributed by atoms with E-state index in [0.29, 0.717) is 19.3 Å². The van der Waals surface area contributed by atoms with Gasteiger partial charge < -0.3 is 15.4 Å². The first-order valence-electron chi connectivity index (χ1n) is 7.18. The second-order valence-electron chi connectivity index (χ2n) is 5.24. The van der Waals surface area contributed by atoms with Gasteiger partial charge in [0.15, 0.2) is 0 Å². The van der Waals surface area contributed by atoms with Crippen LogP contribution in [0.3, 0.4) is 0 Å². The minimum absolute atomic E-state index is 0.0532. The fraction of sp³-hybridized carbons (Fsp3) is 0.857. The van der Waals surface area contributed by atoms with E-state index in [1.165, 1.54) is 7.11 Å². The fourth-order valence-corrected chi connectivity index (χ4v) is 2.66. The van der Waals surface area contributed by atoms with E-state index in [2.05, 4.69) is 10.6 Å². The van der Waals surface area contributed by atoms with Crippen LogP contribution >= 0.6 is 0 Å². The average molecular weight is 270 g/mol. The molecule has 0 radical (unpaired) electrons. The maximum Gasteiger partial charge on any atom is 0.331 e. The molecule has 0 bridgehead atoms. The van der Waals surface area contributed by atoms with Crippen LogP contribution < -0.4 is 10.6 Å². The molecule has 0 aromatic carbocycles. The van der Waals surface area contributed by atoms with Crippen molar-refractivity contribution < 1.29 is 14.3 Å². The van der Waals surface area contributed by atoms with Crippen molar-refractivity contribution in [1.82, 2.24) is 10.6 Å². The van der Waals surface area contributed by atoms with E-state index in [1.54, 1.807) is 0 Å². The Labute approximate surface area is 115 Å². The van der Waals surface area contributed by atoms with E-state index in [4.69, 9.17) is 4.74 Å². The summed E-state index contributed by atoms with van der Waals surface area (Å²) < 4.78 is 4.91. The Hall–Kier alpha value is -1.10. The Morgan fingerprint density at radius 2 is 1.79 bits per heavy atom. The zero-order valence-corrected chi connectivity index (χ0v) is 12.1. The van der Waals surface area contributed by atoms with E-state index >= 15 is 0 Å². The third-order valence-electron chi connectivity index (χ3n) is 3.74. The van der Waals surface area contributed by atoms with Gasteiger partial charge >= 0.3 is 5.97 Å². The van der Waals surface area contributed by atoms with Crippen molar-refractivity contribution in [3.05, 3.63) is 0 Å². The molecule has 0 atom stereocenters. The van der Waals surface area contributed by atoms with Crippen LogP contribution in [-0.2, 0) is 14.3 Å². The summed E-state index contributed by atoms with van der Waals surface area (Å²) in [6.45, 7) is 0.804. The molecule has 1 aliphatic rings. The molecular formula is C14H26N2O3. The largest absolute Gasteiger partial charge is 0.467 e. The second-order valence-corrected chi connectivity index (χ2v) is 5.24. The summed E-state index contributed by atoms with van der Waals surface area (Å²) in [5.41, 5.74) is -0.790. The normalized spacial score (nSPS) is 18.4. The lowest BCUT2D eigenvalue weighted by atomic mass is 9.90. The second kappa shape index (κ2) is 8.15. The predicted molar refractivity (Wildman–Crippen MR) is 73.8 cm³/mol. The van der Waals surface area contributed by atoms with E-state index in [0.717, 1.165) is 38.6 Å². The maximum absolute atomic E-state index is 12.1. The summed E-state index contributed by atoms with van der Waals surface area (Å²) in [6.07, 6.45) is 6.77. The molecule has 1 fully saturated rings. The van der Waals surface area contributed by atoms with Crippen LogP contribution in [0.1, 0.15) is 51.4 Å². The number of esters is 1. The molecule has 0 aromatic heterocycles. The van der Waals surface area contributed by atoms with Gasteiger partial charge in [0.1, 0.15) is 5.54 Å². The molecule has 110 valence electrons. The van der Waals surface area contributed by atoms with Gasteiger partial charge in [-0.25, -0.2) is 4.79 Å². The molecular weight excluding hydrogens is 244 g/mol. The van der Waals surface area contributed by atoms with Crippen LogP contribution in [0, 0.1) is 0 Å². The van der Waals surface area contributed by atoms with Crippen molar-refractivity contribution in [2.24, 2.45) is 0 Å².